The van der Waals surface area contributed by atoms with Crippen LogP contribution in [0.4, 0.5) is 0 Å². The number of aromatic carboxylic acids is 1. The van der Waals surface area contributed by atoms with Crippen molar-refractivity contribution in [3.63, 3.8) is 0 Å². The molecule has 0 fully saturated rings. The van der Waals surface area contributed by atoms with Gasteiger partial charge in [0.25, 0.3) is 19.4 Å². The van der Waals surface area contributed by atoms with Crippen molar-refractivity contribution in [2.45, 2.75) is 44.5 Å². The number of carbonyl (C=O) groups is 10. The Bertz CT molecular complexity index is 5300. The molecular weight excluding hydrogens is 2150 g/mol. The molecule has 0 saturated heterocycles. The third-order valence-corrected chi connectivity index (χ3v) is 18.6. The predicted octanol–water partition coefficient (Wildman–Crippen LogP) is 15.8. The first-order valence-corrected chi connectivity index (χ1v) is 40.5. The maximum absolute atomic E-state index is 11.9. The van der Waals surface area contributed by atoms with Gasteiger partial charge in [0.15, 0.2) is 73.6 Å². The van der Waals surface area contributed by atoms with Crippen molar-refractivity contribution in [1.82, 2.24) is 34.9 Å². The molecule has 0 aliphatic heterocycles. The van der Waals surface area contributed by atoms with Crippen molar-refractivity contribution < 1.29 is 148 Å². The van der Waals surface area contributed by atoms with Crippen LogP contribution in [0.3, 0.4) is 0 Å². The van der Waals surface area contributed by atoms with Gasteiger partial charge in [0, 0.05) is 42.1 Å². The fourth-order valence-corrected chi connectivity index (χ4v) is 11.8. The van der Waals surface area contributed by atoms with Crippen LogP contribution in [0.2, 0.25) is 0 Å². The van der Waals surface area contributed by atoms with Crippen LogP contribution < -0.4 is 14.2 Å². The molecule has 0 aliphatic carbocycles. The van der Waals surface area contributed by atoms with E-state index in [1.54, 1.807) is 18.2 Å². The van der Waals surface area contributed by atoms with Crippen LogP contribution in [0.5, 0.6) is 40.2 Å². The minimum Gasteiger partial charge on any atom is -0.505 e. The van der Waals surface area contributed by atoms with E-state index in [1.807, 2.05) is 91.0 Å². The highest BCUT2D eigenvalue weighted by molar-refractivity contribution is 9.12. The topological polar surface area (TPSA) is 547 Å². The summed E-state index contributed by atoms with van der Waals surface area (Å²) in [6.45, 7) is 4.93. The van der Waals surface area contributed by atoms with Crippen molar-refractivity contribution in [3.05, 3.63) is 286 Å². The molecule has 10 aromatic rings. The maximum Gasteiger partial charge on any atom is 0.394 e. The van der Waals surface area contributed by atoms with E-state index in [2.05, 4.69) is 186 Å². The number of halogens is 7. The molecule has 2 atom stereocenters. The highest BCUT2D eigenvalue weighted by atomic mass is 79.9. The number of aromatic hydroxyl groups is 4. The normalized spacial score (nSPS) is 10.2. The Balaban J connectivity index is 0.00000143. The Morgan fingerprint density at radius 2 is 0.794 bits per heavy atom. The molecule has 7 aromatic heterocycles. The van der Waals surface area contributed by atoms with Crippen molar-refractivity contribution in [2.75, 3.05) is 42.7 Å². The highest BCUT2D eigenvalue weighted by Crippen LogP contribution is 2.39. The quantitative estimate of drug-likeness (QED) is 0.00531. The number of esters is 6. The van der Waals surface area contributed by atoms with Gasteiger partial charge >= 0.3 is 52.2 Å². The molecule has 0 aliphatic rings. The molecule has 0 saturated carbocycles. The summed E-state index contributed by atoms with van der Waals surface area (Å²) in [5.41, 5.74) is 3.46. The molecule has 0 bridgehead atoms. The number of carboxylic acid groups (broad SMARTS) is 1. The lowest BCUT2D eigenvalue weighted by molar-refractivity contribution is -0.129. The lowest BCUT2D eigenvalue weighted by Crippen LogP contribution is -2.12. The lowest BCUT2D eigenvalue weighted by Gasteiger charge is -2.17. The Morgan fingerprint density at radius 3 is 1.21 bits per heavy atom. The van der Waals surface area contributed by atoms with Gasteiger partial charge in [-0.1, -0.05) is 128 Å². The summed E-state index contributed by atoms with van der Waals surface area (Å²) in [4.78, 5) is 134. The molecule has 46 heteroatoms. The van der Waals surface area contributed by atoms with Crippen LogP contribution >= 0.6 is 112 Å². The van der Waals surface area contributed by atoms with Gasteiger partial charge in [-0.25, -0.2) is 68.4 Å². The van der Waals surface area contributed by atoms with Gasteiger partial charge in [0.1, 0.15) is 40.5 Å². The van der Waals surface area contributed by atoms with E-state index in [4.69, 9.17) is 61.3 Å². The third-order valence-electron chi connectivity index (χ3n) is 13.5. The zero-order valence-electron chi connectivity index (χ0n) is 64.8. The largest absolute Gasteiger partial charge is 0.505 e. The summed E-state index contributed by atoms with van der Waals surface area (Å²) in [5.74, 6) is -5.00. The van der Waals surface area contributed by atoms with Crippen molar-refractivity contribution >= 4 is 189 Å². The number of alkyl halides is 2. The zero-order valence-corrected chi connectivity index (χ0v) is 76.7. The molecule has 0 radical (unpaired) electrons. The van der Waals surface area contributed by atoms with E-state index >= 15 is 0 Å². The molecule has 126 heavy (non-hydrogen) atoms. The smallest absolute Gasteiger partial charge is 0.394 e. The SMILES string of the molecule is C.C.C=COC=O.COC(=O)c1nc(Br)cc(Br)c1O.COC(=O)c1nc(Br)cc(Br)c1OCc1ccccc1.COC(=O)c1nccc(/C=C/OC=O)c1OCc1ccccc1.COC(=O)c1nccc(Br)c1OCc1ccccc1.COC(=O)c1nccc(C(Br)C(Br)OC=O)c1O.COC(=O)c1ncccc1O.O=C(O)c1ncccc1O.O=S(=O)(O)O. The molecule has 3 aromatic carbocycles. The number of pyridine rings is 7. The molecular formula is C80H78Br7N7O31S. The monoisotopic (exact) mass is 2220 g/mol. The molecule has 674 valence electrons. The Labute approximate surface area is 779 Å². The minimum atomic E-state index is -4.67. The van der Waals surface area contributed by atoms with Crippen LogP contribution in [0.25, 0.3) is 6.08 Å². The second kappa shape index (κ2) is 62.8. The second-order valence-corrected chi connectivity index (χ2v) is 28.5. The molecule has 38 nitrogen and oxygen atoms in total. The Kier molecular flexibility index (Phi) is 56.6. The van der Waals surface area contributed by atoms with Crippen LogP contribution in [-0.2, 0) is 87.2 Å². The summed E-state index contributed by atoms with van der Waals surface area (Å²) in [6, 6.07) is 42.6. The highest BCUT2D eigenvalue weighted by Gasteiger charge is 2.27. The van der Waals surface area contributed by atoms with Gasteiger partial charge in [0.05, 0.1) is 73.4 Å². The van der Waals surface area contributed by atoms with Crippen molar-refractivity contribution in [2.24, 2.45) is 0 Å². The average Bonchev–Trinajstić information content (AvgIpc) is 1.16. The lowest BCUT2D eigenvalue weighted by atomic mass is 10.1. The van der Waals surface area contributed by atoms with Gasteiger partial charge in [-0.05, 0) is 173 Å². The molecule has 2 unspecified atom stereocenters. The van der Waals surface area contributed by atoms with E-state index in [0.29, 0.717) is 71.4 Å². The fraction of sp³-hybridized carbons (Fsp3) is 0.163. The third kappa shape index (κ3) is 41.9. The van der Waals surface area contributed by atoms with E-state index in [0.717, 1.165) is 23.0 Å². The van der Waals surface area contributed by atoms with Gasteiger partial charge in [-0.2, -0.15) is 8.42 Å². The summed E-state index contributed by atoms with van der Waals surface area (Å²) in [5, 5.41) is 44.8. The number of nitrogens with zero attached hydrogens (tertiary/aromatic N) is 7. The molecule has 7 heterocycles. The first-order valence-electron chi connectivity index (χ1n) is 33.3. The molecule has 10 rings (SSSR count). The van der Waals surface area contributed by atoms with Crippen LogP contribution in [0.1, 0.15) is 121 Å². The number of hydrogen-bond donors (Lipinski definition) is 7. The van der Waals surface area contributed by atoms with E-state index in [1.165, 1.54) is 122 Å². The zero-order chi connectivity index (χ0) is 92.9. The number of rotatable bonds is 25. The number of carbonyl (C=O) groups excluding carboxylic acids is 9. The van der Waals surface area contributed by atoms with E-state index < -0.39 is 62.0 Å². The summed E-state index contributed by atoms with van der Waals surface area (Å²) < 4.78 is 91.9. The first-order chi connectivity index (χ1) is 59.1. The van der Waals surface area contributed by atoms with Crippen LogP contribution in [0, 0.1) is 0 Å². The fourth-order valence-electron chi connectivity index (χ4n) is 8.14. The second-order valence-electron chi connectivity index (χ2n) is 21.6. The Morgan fingerprint density at radius 1 is 0.429 bits per heavy atom. The number of ether oxygens (including phenoxy) is 12. The number of benzene rings is 3. The van der Waals surface area contributed by atoms with E-state index in [9.17, 15) is 53.4 Å². The standard InChI is InChI=1S/C17H15NO5.C14H11Br2NO3.C14H12BrNO3.C10H9Br2NO5.C7H5Br2NO3.C7H7NO3.C6H5NO3.C3H4O2.2CH4.H2O4S/c1-21-17(20)15-16(23-11-13-5-3-2-4-6-13)14(7-9-18-15)8-10-22-12-19;1-19-14(18)12-13(10(15)7-11(16)17-12)20-8-9-5-3-2-4-6-9;1-18-14(17)12-13(11(15)7-8-16-12)19-9-10-5-3-2-4-6-10;1-17-10(16)7-8(15)5(2-3-13-7)6(11)9(12)18-4-14;1-13-7(12)5-6(11)3(8)2-4(9)10-5;1-11-7(10)6-5(9)3-2-4-8-6;8-4-2-1-3-7-5(4)6(9)10;1-2-5-3-4;;;1-5(2,3)4/h2-10,12H,11H2,1H3;2-7H,8H2,1H3;2-8H,9H2,1H3;2-4,6,9,15H,1H3;2,11H,1H3;2-4,9H,1H3;1-3,8H,(H,9,10);2-3H,1H2;2*1H4;(H2,1,2,3,4)/b10-8+;;;;;;;;;;. The maximum atomic E-state index is 11.9. The molecule has 0 amide bonds. The van der Waals surface area contributed by atoms with Gasteiger partial charge < -0.3 is 82.4 Å². The Hall–Kier alpha value is -12.3. The number of hydrogen-bond acceptors (Lipinski definition) is 35. The van der Waals surface area contributed by atoms with Gasteiger partial charge in [-0.3, -0.25) is 23.5 Å². The minimum absolute atomic E-state index is 0. The summed E-state index contributed by atoms with van der Waals surface area (Å²) in [6.07, 6.45) is 10.8. The summed E-state index contributed by atoms with van der Waals surface area (Å²) >= 11 is 22.4. The first kappa shape index (κ1) is 114. The molecule has 7 N–H and O–H groups in total. The van der Waals surface area contributed by atoms with Crippen LogP contribution in [0.15, 0.2) is 218 Å². The van der Waals surface area contributed by atoms with Gasteiger partial charge in [-0.15, -0.1) is 0 Å². The van der Waals surface area contributed by atoms with E-state index in [-0.39, 0.29) is 96.5 Å². The summed E-state index contributed by atoms with van der Waals surface area (Å²) in [7, 11) is 2.86. The molecule has 0 spiro atoms. The van der Waals surface area contributed by atoms with Gasteiger partial charge in [0.2, 0.25) is 0 Å². The number of aromatic nitrogens is 7. The van der Waals surface area contributed by atoms with Crippen LogP contribution in [-0.4, -0.2) is 187 Å². The predicted molar refractivity (Wildman–Crippen MR) is 475 cm³/mol. The number of carboxylic acids is 1. The van der Waals surface area contributed by atoms with Crippen molar-refractivity contribution in [1.29, 1.82) is 0 Å². The average molecular weight is 2220 g/mol. The number of methoxy groups -OCH3 is 6. The van der Waals surface area contributed by atoms with Crippen molar-refractivity contribution in [3.8, 4) is 40.2 Å².